The van der Waals surface area contributed by atoms with E-state index in [1.807, 2.05) is 0 Å². The molecule has 0 spiro atoms. The number of nitrogens with one attached hydrogen (secondary N) is 2. The Morgan fingerprint density at radius 2 is 1.64 bits per heavy atom. The zero-order valence-electron chi connectivity index (χ0n) is 19.4. The van der Waals surface area contributed by atoms with Crippen molar-refractivity contribution in [1.29, 1.82) is 0 Å². The largest absolute Gasteiger partial charge is 0.444 e. The van der Waals surface area contributed by atoms with Crippen LogP contribution < -0.4 is 10.6 Å². The number of piperidine rings is 1. The van der Waals surface area contributed by atoms with Crippen LogP contribution in [0.2, 0.25) is 0 Å². The number of urea groups is 1. The molecule has 1 aromatic heterocycles. The Labute approximate surface area is 190 Å². The van der Waals surface area contributed by atoms with Gasteiger partial charge in [-0.3, -0.25) is 15.8 Å². The molecule has 2 fully saturated rings. The van der Waals surface area contributed by atoms with Crippen LogP contribution in [0.1, 0.15) is 66.3 Å². The summed E-state index contributed by atoms with van der Waals surface area (Å²) in [6.07, 6.45) is -0.671. The van der Waals surface area contributed by atoms with Gasteiger partial charge in [-0.05, 0) is 54.4 Å². The third-order valence-electron chi connectivity index (χ3n) is 4.51. The van der Waals surface area contributed by atoms with Crippen LogP contribution in [0.3, 0.4) is 0 Å². The summed E-state index contributed by atoms with van der Waals surface area (Å²) in [6, 6.07) is -1.60. The number of hydrogen-bond donors (Lipinski definition) is 3. The van der Waals surface area contributed by atoms with Gasteiger partial charge in [0.2, 0.25) is 11.9 Å². The van der Waals surface area contributed by atoms with E-state index in [1.54, 1.807) is 41.5 Å². The van der Waals surface area contributed by atoms with Crippen molar-refractivity contribution >= 4 is 30.2 Å². The molecular formula is C19H29N7O7. The van der Waals surface area contributed by atoms with E-state index < -0.39 is 35.5 Å². The maximum absolute atomic E-state index is 12.2. The lowest BCUT2D eigenvalue weighted by atomic mass is 10.0. The number of fused-ring (bicyclic) bond motifs is 2. The summed E-state index contributed by atoms with van der Waals surface area (Å²) in [6.45, 7) is 10.4. The van der Waals surface area contributed by atoms with Gasteiger partial charge in [0.05, 0.1) is 6.04 Å². The van der Waals surface area contributed by atoms with Gasteiger partial charge in [0.25, 0.3) is 0 Å². The molecule has 0 aromatic carbocycles. The first-order valence-electron chi connectivity index (χ1n) is 10.4. The lowest BCUT2D eigenvalue weighted by Gasteiger charge is -2.27. The smallest absolute Gasteiger partial charge is 0.414 e. The van der Waals surface area contributed by atoms with Gasteiger partial charge in [0.1, 0.15) is 17.2 Å². The van der Waals surface area contributed by atoms with E-state index in [-0.39, 0.29) is 23.9 Å². The number of carbonyl (C=O) groups excluding carboxylic acids is 3. The molecule has 1 aromatic rings. The number of alkyl carbamates (subject to hydrolysis) is 2. The van der Waals surface area contributed by atoms with Gasteiger partial charge >= 0.3 is 24.2 Å². The molecule has 14 heteroatoms. The first-order chi connectivity index (χ1) is 15.2. The minimum absolute atomic E-state index is 0.115. The van der Waals surface area contributed by atoms with Crippen LogP contribution in [-0.4, -0.2) is 73.3 Å². The number of aromatic nitrogens is 2. The molecule has 33 heavy (non-hydrogen) atoms. The van der Waals surface area contributed by atoms with Gasteiger partial charge in [-0.1, -0.05) is 5.10 Å². The fraction of sp³-hybridized carbons (Fsp3) is 0.684. The lowest BCUT2D eigenvalue weighted by Crippen LogP contribution is -2.47. The third kappa shape index (κ3) is 6.31. The number of ether oxygens (including phenoxy) is 2. The minimum Gasteiger partial charge on any atom is -0.444 e. The summed E-state index contributed by atoms with van der Waals surface area (Å²) in [5.41, 5.74) is -1.58. The average Bonchev–Trinajstić information content (AvgIpc) is 3.18. The fourth-order valence-electron chi connectivity index (χ4n) is 3.30. The molecule has 2 atom stereocenters. The molecule has 0 radical (unpaired) electrons. The number of rotatable bonds is 2. The molecule has 2 saturated heterocycles. The monoisotopic (exact) mass is 467 g/mol. The molecule has 4 amide bonds. The first-order valence-corrected chi connectivity index (χ1v) is 10.4. The zero-order chi connectivity index (χ0) is 24.6. The van der Waals surface area contributed by atoms with Crippen LogP contribution in [0.25, 0.3) is 0 Å². The molecule has 3 N–H and O–H groups in total. The second kappa shape index (κ2) is 8.84. The number of hydrogen-bond acceptors (Lipinski definition) is 10. The lowest BCUT2D eigenvalue weighted by molar-refractivity contribution is -0.0584. The summed E-state index contributed by atoms with van der Waals surface area (Å²) in [5, 5.41) is 22.9. The average molecular weight is 467 g/mol. The van der Waals surface area contributed by atoms with Crippen molar-refractivity contribution in [2.24, 2.45) is 4.99 Å². The highest BCUT2D eigenvalue weighted by Gasteiger charge is 2.46. The Morgan fingerprint density at radius 1 is 1.06 bits per heavy atom. The van der Waals surface area contributed by atoms with Gasteiger partial charge in [0, 0.05) is 6.54 Å². The number of nitrogens with zero attached hydrogens (tertiary/aromatic N) is 5. The summed E-state index contributed by atoms with van der Waals surface area (Å²) in [7, 11) is 0. The Balaban J connectivity index is 1.78. The molecule has 182 valence electrons. The number of amides is 4. The SMILES string of the molecule is CC(C)(C)OC(=O)NC(=Nc1nnc([C@@H]2CC[C@H]3CN2C(=O)N3O)o1)NC(=O)OC(C)(C)C. The second-order valence-electron chi connectivity index (χ2n) is 9.66. The van der Waals surface area contributed by atoms with Gasteiger partial charge in [-0.2, -0.15) is 4.99 Å². The molecular weight excluding hydrogens is 438 g/mol. The first kappa shape index (κ1) is 24.2. The van der Waals surface area contributed by atoms with E-state index in [9.17, 15) is 19.6 Å². The van der Waals surface area contributed by atoms with Crippen LogP contribution in [0.15, 0.2) is 9.41 Å². The van der Waals surface area contributed by atoms with Crippen molar-refractivity contribution in [3.05, 3.63) is 5.89 Å². The molecule has 2 aliphatic rings. The Bertz CT molecular complexity index is 915. The summed E-state index contributed by atoms with van der Waals surface area (Å²) in [5.74, 6) is -0.235. The quantitative estimate of drug-likeness (QED) is 0.335. The van der Waals surface area contributed by atoms with Gasteiger partial charge < -0.3 is 18.8 Å². The van der Waals surface area contributed by atoms with Crippen LogP contribution in [0.5, 0.6) is 0 Å². The van der Waals surface area contributed by atoms with E-state index in [4.69, 9.17) is 13.9 Å². The topological polar surface area (TPSA) is 172 Å². The summed E-state index contributed by atoms with van der Waals surface area (Å²) in [4.78, 5) is 42.0. The Kier molecular flexibility index (Phi) is 6.49. The van der Waals surface area contributed by atoms with Crippen LogP contribution in [0.4, 0.5) is 20.4 Å². The molecule has 0 aliphatic carbocycles. The van der Waals surface area contributed by atoms with E-state index >= 15 is 0 Å². The van der Waals surface area contributed by atoms with Crippen molar-refractivity contribution in [3.63, 3.8) is 0 Å². The Hall–Kier alpha value is -3.42. The van der Waals surface area contributed by atoms with E-state index in [1.165, 1.54) is 4.90 Å². The van der Waals surface area contributed by atoms with Crippen LogP contribution in [0, 0.1) is 0 Å². The third-order valence-corrected chi connectivity index (χ3v) is 4.51. The highest BCUT2D eigenvalue weighted by molar-refractivity contribution is 6.02. The molecule has 0 saturated carbocycles. The van der Waals surface area contributed by atoms with Crippen molar-refractivity contribution in [1.82, 2.24) is 30.8 Å². The Morgan fingerprint density at radius 3 is 2.18 bits per heavy atom. The molecule has 14 nitrogen and oxygen atoms in total. The predicted octanol–water partition coefficient (Wildman–Crippen LogP) is 2.44. The van der Waals surface area contributed by atoms with Crippen LogP contribution >= 0.6 is 0 Å². The minimum atomic E-state index is -0.874. The van der Waals surface area contributed by atoms with Gasteiger partial charge in [-0.25, -0.2) is 19.4 Å². The molecule has 0 unspecified atom stereocenters. The number of aliphatic imine (C=N–C) groups is 1. The standard InChI is InChI=1S/C19H29N7O7/c1-18(2,3)32-15(27)21-13(22-16(28)33-19(4,5)6)20-14-24-23-12(31-14)11-8-7-10-9-25(11)17(29)26(10)30/h10-11,30H,7-9H2,1-6H3,(H2,20,21,22,24,27,28)/t10-,11-/m0/s1. The van der Waals surface area contributed by atoms with Gasteiger partial charge in [-0.15, -0.1) is 5.10 Å². The summed E-state index contributed by atoms with van der Waals surface area (Å²) >= 11 is 0. The van der Waals surface area contributed by atoms with Crippen LogP contribution in [-0.2, 0) is 9.47 Å². The zero-order valence-corrected chi connectivity index (χ0v) is 19.4. The maximum atomic E-state index is 12.2. The molecule has 3 rings (SSSR count). The normalized spacial score (nSPS) is 20.4. The fourth-order valence-corrected chi connectivity index (χ4v) is 3.30. The second-order valence-corrected chi connectivity index (χ2v) is 9.66. The number of carbonyl (C=O) groups is 3. The highest BCUT2D eigenvalue weighted by Crippen LogP contribution is 2.37. The number of hydroxylamine groups is 2. The summed E-state index contributed by atoms with van der Waals surface area (Å²) < 4.78 is 15.9. The van der Waals surface area contributed by atoms with Crippen molar-refractivity contribution < 1.29 is 33.5 Å². The number of guanidine groups is 1. The van der Waals surface area contributed by atoms with Crippen molar-refractivity contribution in [3.8, 4) is 0 Å². The molecule has 3 heterocycles. The van der Waals surface area contributed by atoms with E-state index in [0.29, 0.717) is 24.4 Å². The molecule has 2 aliphatic heterocycles. The predicted molar refractivity (Wildman–Crippen MR) is 112 cm³/mol. The van der Waals surface area contributed by atoms with E-state index in [0.717, 1.165) is 0 Å². The van der Waals surface area contributed by atoms with Crippen molar-refractivity contribution in [2.45, 2.75) is 77.7 Å². The van der Waals surface area contributed by atoms with Gasteiger partial charge in [0.15, 0.2) is 0 Å². The van der Waals surface area contributed by atoms with Crippen molar-refractivity contribution in [2.75, 3.05) is 6.54 Å². The molecule has 2 bridgehead atoms. The highest BCUT2D eigenvalue weighted by atomic mass is 16.6. The van der Waals surface area contributed by atoms with E-state index in [2.05, 4.69) is 25.8 Å². The maximum Gasteiger partial charge on any atom is 0.414 e.